The quantitative estimate of drug-likeness (QED) is 0.843. The highest BCUT2D eigenvalue weighted by Crippen LogP contribution is 2.21. The highest BCUT2D eigenvalue weighted by atomic mass is 32.1. The van der Waals surface area contributed by atoms with Gasteiger partial charge in [-0.2, -0.15) is 0 Å². The fourth-order valence-electron chi connectivity index (χ4n) is 1.64. The van der Waals surface area contributed by atoms with Crippen molar-refractivity contribution in [1.29, 1.82) is 0 Å². The van der Waals surface area contributed by atoms with E-state index in [1.807, 2.05) is 23.6 Å². The lowest BCUT2D eigenvalue weighted by Crippen LogP contribution is -2.15. The van der Waals surface area contributed by atoms with Crippen molar-refractivity contribution in [3.8, 4) is 0 Å². The monoisotopic (exact) mass is 275 g/mol. The largest absolute Gasteiger partial charge is 0.398 e. The second-order valence-corrected chi connectivity index (χ2v) is 5.51. The van der Waals surface area contributed by atoms with Crippen molar-refractivity contribution in [3.63, 3.8) is 0 Å². The molecule has 0 atom stereocenters. The van der Waals surface area contributed by atoms with Crippen molar-refractivity contribution in [1.82, 2.24) is 4.98 Å². The SMILES string of the molecule is CC(C)c1csc(NC(=O)Cc2ccccc2N)n1. The summed E-state index contributed by atoms with van der Waals surface area (Å²) < 4.78 is 0. The van der Waals surface area contributed by atoms with Crippen molar-refractivity contribution in [2.45, 2.75) is 26.2 Å². The van der Waals surface area contributed by atoms with Gasteiger partial charge in [-0.15, -0.1) is 11.3 Å². The summed E-state index contributed by atoms with van der Waals surface area (Å²) >= 11 is 1.45. The molecule has 1 aromatic carbocycles. The first-order chi connectivity index (χ1) is 9.06. The van der Waals surface area contributed by atoms with Crippen LogP contribution in [0.15, 0.2) is 29.6 Å². The van der Waals surface area contributed by atoms with Gasteiger partial charge in [-0.1, -0.05) is 32.0 Å². The summed E-state index contributed by atoms with van der Waals surface area (Å²) in [5.41, 5.74) is 8.29. The van der Waals surface area contributed by atoms with Crippen molar-refractivity contribution in [2.75, 3.05) is 11.1 Å². The van der Waals surface area contributed by atoms with Gasteiger partial charge in [-0.3, -0.25) is 4.79 Å². The van der Waals surface area contributed by atoms with E-state index < -0.39 is 0 Å². The molecule has 1 aromatic heterocycles. The van der Waals surface area contributed by atoms with Crippen LogP contribution in [0.3, 0.4) is 0 Å². The minimum atomic E-state index is -0.0949. The number of nitrogen functional groups attached to an aromatic ring is 1. The summed E-state index contributed by atoms with van der Waals surface area (Å²) in [7, 11) is 0. The van der Waals surface area contributed by atoms with E-state index in [4.69, 9.17) is 5.73 Å². The van der Waals surface area contributed by atoms with Gasteiger partial charge in [0.2, 0.25) is 5.91 Å². The van der Waals surface area contributed by atoms with Crippen molar-refractivity contribution < 1.29 is 4.79 Å². The van der Waals surface area contributed by atoms with E-state index in [1.165, 1.54) is 11.3 Å². The molecule has 0 saturated heterocycles. The molecule has 0 aliphatic rings. The number of nitrogens with two attached hydrogens (primary N) is 1. The second kappa shape index (κ2) is 5.84. The summed E-state index contributed by atoms with van der Waals surface area (Å²) in [6.45, 7) is 4.15. The maximum Gasteiger partial charge on any atom is 0.230 e. The summed E-state index contributed by atoms with van der Waals surface area (Å²) in [4.78, 5) is 16.3. The molecule has 4 nitrogen and oxygen atoms in total. The molecule has 0 fully saturated rings. The van der Waals surface area contributed by atoms with Gasteiger partial charge in [0.25, 0.3) is 0 Å². The van der Waals surface area contributed by atoms with E-state index in [9.17, 15) is 4.79 Å². The van der Waals surface area contributed by atoms with Gasteiger partial charge in [-0.25, -0.2) is 4.98 Å². The van der Waals surface area contributed by atoms with Crippen molar-refractivity contribution in [3.05, 3.63) is 40.9 Å². The average Bonchev–Trinajstić information content (AvgIpc) is 2.80. The summed E-state index contributed by atoms with van der Waals surface area (Å²) in [5.74, 6) is 0.272. The number of hydrogen-bond acceptors (Lipinski definition) is 4. The van der Waals surface area contributed by atoms with Gasteiger partial charge in [-0.05, 0) is 17.5 Å². The highest BCUT2D eigenvalue weighted by molar-refractivity contribution is 7.13. The van der Waals surface area contributed by atoms with Crippen LogP contribution in [0.25, 0.3) is 0 Å². The molecule has 0 radical (unpaired) electrons. The Balaban J connectivity index is 1.99. The minimum Gasteiger partial charge on any atom is -0.398 e. The third kappa shape index (κ3) is 3.54. The molecule has 0 bridgehead atoms. The third-order valence-corrected chi connectivity index (χ3v) is 3.54. The van der Waals surface area contributed by atoms with Crippen LogP contribution in [0, 0.1) is 0 Å². The molecule has 1 heterocycles. The predicted octanol–water partition coefficient (Wildman–Crippen LogP) is 3.03. The number of nitrogens with zero attached hydrogens (tertiary/aromatic N) is 1. The number of thiazole rings is 1. The highest BCUT2D eigenvalue weighted by Gasteiger charge is 2.10. The lowest BCUT2D eigenvalue weighted by Gasteiger charge is -2.05. The lowest BCUT2D eigenvalue weighted by atomic mass is 10.1. The van der Waals surface area contributed by atoms with Crippen LogP contribution in [-0.4, -0.2) is 10.9 Å². The topological polar surface area (TPSA) is 68.0 Å². The van der Waals surface area contributed by atoms with Crippen LogP contribution in [0.4, 0.5) is 10.8 Å². The molecule has 0 saturated carbocycles. The van der Waals surface area contributed by atoms with Gasteiger partial charge >= 0.3 is 0 Å². The normalized spacial score (nSPS) is 10.7. The Morgan fingerprint density at radius 3 is 2.79 bits per heavy atom. The first kappa shape index (κ1) is 13.5. The summed E-state index contributed by atoms with van der Waals surface area (Å²) in [5, 5.41) is 5.42. The number of carbonyl (C=O) groups is 1. The van der Waals surface area contributed by atoms with Crippen molar-refractivity contribution in [2.24, 2.45) is 0 Å². The molecule has 2 aromatic rings. The molecule has 1 amide bonds. The number of amides is 1. The number of carbonyl (C=O) groups excluding carboxylic acids is 1. The molecule has 2 rings (SSSR count). The first-order valence-corrected chi connectivity index (χ1v) is 7.03. The van der Waals surface area contributed by atoms with Crippen LogP contribution in [-0.2, 0) is 11.2 Å². The van der Waals surface area contributed by atoms with E-state index in [2.05, 4.69) is 24.1 Å². The molecule has 100 valence electrons. The smallest absolute Gasteiger partial charge is 0.230 e. The zero-order valence-corrected chi connectivity index (χ0v) is 11.8. The minimum absolute atomic E-state index is 0.0949. The molecule has 0 aliphatic carbocycles. The zero-order valence-electron chi connectivity index (χ0n) is 11.0. The van der Waals surface area contributed by atoms with Crippen LogP contribution < -0.4 is 11.1 Å². The van der Waals surface area contributed by atoms with Gasteiger partial charge in [0.05, 0.1) is 12.1 Å². The fourth-order valence-corrected chi connectivity index (χ4v) is 2.53. The fraction of sp³-hybridized carbons (Fsp3) is 0.286. The molecule has 5 heteroatoms. The Kier molecular flexibility index (Phi) is 4.16. The van der Waals surface area contributed by atoms with E-state index >= 15 is 0 Å². The number of nitrogens with one attached hydrogen (secondary N) is 1. The Bertz CT molecular complexity index is 578. The molecule has 0 aliphatic heterocycles. The summed E-state index contributed by atoms with van der Waals surface area (Å²) in [6, 6.07) is 7.38. The average molecular weight is 275 g/mol. The zero-order chi connectivity index (χ0) is 13.8. The molecule has 19 heavy (non-hydrogen) atoms. The maximum absolute atomic E-state index is 11.9. The Hall–Kier alpha value is -1.88. The third-order valence-electron chi connectivity index (χ3n) is 2.77. The molecule has 3 N–H and O–H groups in total. The van der Waals surface area contributed by atoms with E-state index in [1.54, 1.807) is 6.07 Å². The molecular weight excluding hydrogens is 258 g/mol. The van der Waals surface area contributed by atoms with Crippen molar-refractivity contribution >= 4 is 28.1 Å². The maximum atomic E-state index is 11.9. The first-order valence-electron chi connectivity index (χ1n) is 6.15. The number of aromatic nitrogens is 1. The van der Waals surface area contributed by atoms with Crippen LogP contribution in [0.2, 0.25) is 0 Å². The number of hydrogen-bond donors (Lipinski definition) is 2. The Morgan fingerprint density at radius 1 is 1.42 bits per heavy atom. The summed E-state index contributed by atoms with van der Waals surface area (Å²) in [6.07, 6.45) is 0.267. The standard InChI is InChI=1S/C14H17N3OS/c1-9(2)12-8-19-14(16-12)17-13(18)7-10-5-3-4-6-11(10)15/h3-6,8-9H,7,15H2,1-2H3,(H,16,17,18). The number of benzene rings is 1. The van der Waals surface area contributed by atoms with E-state index in [0.717, 1.165) is 11.3 Å². The van der Waals surface area contributed by atoms with Gasteiger partial charge in [0, 0.05) is 11.1 Å². The Labute approximate surface area is 116 Å². The Morgan fingerprint density at radius 2 is 2.16 bits per heavy atom. The molecular formula is C14H17N3OS. The van der Waals surface area contributed by atoms with Gasteiger partial charge in [0.1, 0.15) is 0 Å². The van der Waals surface area contributed by atoms with E-state index in [-0.39, 0.29) is 12.3 Å². The predicted molar refractivity (Wildman–Crippen MR) is 79.4 cm³/mol. The molecule has 0 spiro atoms. The van der Waals surface area contributed by atoms with E-state index in [0.29, 0.717) is 16.7 Å². The van der Waals surface area contributed by atoms with Crippen LogP contribution >= 0.6 is 11.3 Å². The van der Waals surface area contributed by atoms with Crippen LogP contribution in [0.1, 0.15) is 31.0 Å². The van der Waals surface area contributed by atoms with Gasteiger partial charge < -0.3 is 11.1 Å². The second-order valence-electron chi connectivity index (χ2n) is 4.66. The number of para-hydroxylation sites is 1. The van der Waals surface area contributed by atoms with Crippen LogP contribution in [0.5, 0.6) is 0 Å². The number of anilines is 2. The lowest BCUT2D eigenvalue weighted by molar-refractivity contribution is -0.115. The van der Waals surface area contributed by atoms with Gasteiger partial charge in [0.15, 0.2) is 5.13 Å². The number of rotatable bonds is 4. The molecule has 0 unspecified atom stereocenters.